The van der Waals surface area contributed by atoms with Crippen molar-refractivity contribution in [1.82, 2.24) is 0 Å². The van der Waals surface area contributed by atoms with Gasteiger partial charge in [-0.2, -0.15) is 0 Å². The van der Waals surface area contributed by atoms with Crippen LogP contribution >= 0.6 is 0 Å². The molecule has 0 aromatic carbocycles. The molecule has 0 aromatic rings. The van der Waals surface area contributed by atoms with E-state index in [1.54, 1.807) is 27.7 Å². The summed E-state index contributed by atoms with van der Waals surface area (Å²) in [5, 5.41) is 76.5. The molecule has 0 amide bonds. The number of aliphatic hydroxyl groups excluding tert-OH is 6. The average molecular weight is 386 g/mol. The molecule has 156 valence electrons. The highest BCUT2D eigenvalue weighted by atomic mass is 16.4. The van der Waals surface area contributed by atoms with Gasteiger partial charge in [0, 0.05) is 16.7 Å². The summed E-state index contributed by atoms with van der Waals surface area (Å²) in [4.78, 5) is 0. The van der Waals surface area contributed by atoms with Crippen LogP contribution in [0.3, 0.4) is 0 Å². The van der Waals surface area contributed by atoms with Gasteiger partial charge in [0.15, 0.2) is 0 Å². The third-order valence-corrected chi connectivity index (χ3v) is 8.42. The van der Waals surface area contributed by atoms with Gasteiger partial charge in [-0.15, -0.1) is 6.58 Å². The quantitative estimate of drug-likeness (QED) is 0.291. The molecule has 7 N–H and O–H groups in total. The maximum absolute atomic E-state index is 11.5. The predicted octanol–water partition coefficient (Wildman–Crippen LogP) is -0.839. The first-order valence-electron chi connectivity index (χ1n) is 9.65. The van der Waals surface area contributed by atoms with Gasteiger partial charge in [-0.05, 0) is 24.2 Å². The summed E-state index contributed by atoms with van der Waals surface area (Å²) >= 11 is 0. The Balaban J connectivity index is 2.21. The maximum atomic E-state index is 11.5. The molecule has 0 heterocycles. The molecule has 27 heavy (non-hydrogen) atoms. The van der Waals surface area contributed by atoms with E-state index < -0.39 is 70.3 Å². The van der Waals surface area contributed by atoms with Crippen molar-refractivity contribution in [3.63, 3.8) is 0 Å². The highest BCUT2D eigenvalue weighted by molar-refractivity contribution is 5.25. The summed E-state index contributed by atoms with van der Waals surface area (Å²) in [6, 6.07) is 0. The third kappa shape index (κ3) is 2.34. The van der Waals surface area contributed by atoms with E-state index in [4.69, 9.17) is 0 Å². The second-order valence-corrected chi connectivity index (χ2v) is 10.1. The van der Waals surface area contributed by atoms with Crippen LogP contribution in [0, 0.1) is 28.1 Å². The molecule has 0 saturated heterocycles. The van der Waals surface area contributed by atoms with Crippen LogP contribution in [0.15, 0.2) is 12.7 Å². The molecular formula is C20H34O7. The number of rotatable bonds is 1. The van der Waals surface area contributed by atoms with Gasteiger partial charge >= 0.3 is 0 Å². The summed E-state index contributed by atoms with van der Waals surface area (Å²) in [6.07, 6.45) is -6.52. The van der Waals surface area contributed by atoms with E-state index in [-0.39, 0.29) is 12.8 Å². The minimum absolute atomic E-state index is 0.00828. The molecule has 7 heteroatoms. The van der Waals surface area contributed by atoms with E-state index in [2.05, 4.69) is 6.58 Å². The van der Waals surface area contributed by atoms with Crippen molar-refractivity contribution in [3.05, 3.63) is 12.7 Å². The Hall–Kier alpha value is -0.540. The van der Waals surface area contributed by atoms with Crippen LogP contribution in [0.5, 0.6) is 0 Å². The van der Waals surface area contributed by atoms with Crippen LogP contribution in [0.4, 0.5) is 0 Å². The van der Waals surface area contributed by atoms with Gasteiger partial charge < -0.3 is 35.7 Å². The molecule has 0 aromatic heterocycles. The van der Waals surface area contributed by atoms with Crippen molar-refractivity contribution in [2.24, 2.45) is 28.1 Å². The zero-order valence-electron chi connectivity index (χ0n) is 16.4. The topological polar surface area (TPSA) is 142 Å². The molecule has 7 nitrogen and oxygen atoms in total. The minimum Gasteiger partial charge on any atom is -0.393 e. The lowest BCUT2D eigenvalue weighted by atomic mass is 9.38. The maximum Gasteiger partial charge on any atom is 0.123 e. The fraction of sp³-hybridized carbons (Fsp3) is 0.900. The van der Waals surface area contributed by atoms with E-state index in [1.165, 1.54) is 6.08 Å². The largest absolute Gasteiger partial charge is 0.393 e. The highest BCUT2D eigenvalue weighted by Crippen LogP contribution is 2.66. The minimum atomic E-state index is -2.09. The molecule has 3 fully saturated rings. The standard InChI is InChI=1S/C20H34O7/c1-6-18(4)8-9(21)13-19(5)10(7-11(22)20(13,27)16(18)26)17(2,3)14(24)12(23)15(19)25/h6,9-16,21-27H,1,7-8H2,2-5H3/t9-,10+,11-,12+,13-,14-,15+,16+,18+,19+,20+/m1/s1. The smallest absolute Gasteiger partial charge is 0.123 e. The predicted molar refractivity (Wildman–Crippen MR) is 97.4 cm³/mol. The fourth-order valence-corrected chi connectivity index (χ4v) is 6.75. The Morgan fingerprint density at radius 1 is 0.926 bits per heavy atom. The van der Waals surface area contributed by atoms with Crippen LogP contribution in [0.25, 0.3) is 0 Å². The van der Waals surface area contributed by atoms with E-state index in [0.29, 0.717) is 0 Å². The van der Waals surface area contributed by atoms with Gasteiger partial charge in [0.2, 0.25) is 0 Å². The Morgan fingerprint density at radius 3 is 2.00 bits per heavy atom. The molecule has 3 aliphatic carbocycles. The Labute approximate surface area is 160 Å². The van der Waals surface area contributed by atoms with Crippen molar-refractivity contribution in [2.75, 3.05) is 0 Å². The van der Waals surface area contributed by atoms with E-state index in [1.807, 2.05) is 0 Å². The van der Waals surface area contributed by atoms with Gasteiger partial charge in [-0.25, -0.2) is 0 Å². The Morgan fingerprint density at radius 2 is 1.48 bits per heavy atom. The van der Waals surface area contributed by atoms with Crippen LogP contribution < -0.4 is 0 Å². The van der Waals surface area contributed by atoms with Crippen LogP contribution in [0.2, 0.25) is 0 Å². The van der Waals surface area contributed by atoms with Gasteiger partial charge in [-0.3, -0.25) is 0 Å². The molecule has 3 saturated carbocycles. The number of hydrogen-bond donors (Lipinski definition) is 7. The number of aliphatic hydroxyl groups is 7. The monoisotopic (exact) mass is 386 g/mol. The van der Waals surface area contributed by atoms with Crippen molar-refractivity contribution in [2.45, 2.75) is 82.8 Å². The van der Waals surface area contributed by atoms with Crippen LogP contribution in [-0.4, -0.2) is 78.0 Å². The zero-order valence-corrected chi connectivity index (χ0v) is 16.4. The van der Waals surface area contributed by atoms with Gasteiger partial charge in [0.25, 0.3) is 0 Å². The number of fused-ring (bicyclic) bond motifs is 3. The lowest BCUT2D eigenvalue weighted by Gasteiger charge is -2.70. The van der Waals surface area contributed by atoms with E-state index in [0.717, 1.165) is 0 Å². The summed E-state index contributed by atoms with van der Waals surface area (Å²) in [5.74, 6) is -1.60. The SMILES string of the molecule is C=C[C@@]1(C)C[C@@H](O)[C@@H]2[C@@]3(C)[C@@H](O)[C@@H](O)[C@@H](O)C(C)(C)[C@@H]3C[C@@H](O)[C@@]2(O)[C@H]1O. The molecule has 0 aliphatic heterocycles. The number of hydrogen-bond acceptors (Lipinski definition) is 7. The third-order valence-electron chi connectivity index (χ3n) is 8.42. The van der Waals surface area contributed by atoms with Crippen molar-refractivity contribution < 1.29 is 35.7 Å². The van der Waals surface area contributed by atoms with Crippen molar-refractivity contribution in [3.8, 4) is 0 Å². The summed E-state index contributed by atoms with van der Waals surface area (Å²) in [5.41, 5.74) is -5.24. The molecule has 3 aliphatic rings. The first-order chi connectivity index (χ1) is 12.2. The molecule has 0 bridgehead atoms. The average Bonchev–Trinajstić information content (AvgIpc) is 2.59. The molecule has 11 atom stereocenters. The molecule has 0 radical (unpaired) electrons. The second kappa shape index (κ2) is 5.98. The zero-order chi connectivity index (χ0) is 20.7. The Bertz CT molecular complexity index is 623. The van der Waals surface area contributed by atoms with Gasteiger partial charge in [0.1, 0.15) is 11.7 Å². The van der Waals surface area contributed by atoms with Crippen molar-refractivity contribution in [1.29, 1.82) is 0 Å². The summed E-state index contributed by atoms with van der Waals surface area (Å²) < 4.78 is 0. The Kier molecular flexibility index (Phi) is 4.69. The highest BCUT2D eigenvalue weighted by Gasteiger charge is 2.75. The van der Waals surface area contributed by atoms with Crippen molar-refractivity contribution >= 4 is 0 Å². The molecule has 3 rings (SSSR count). The molecule has 0 unspecified atom stereocenters. The van der Waals surface area contributed by atoms with Crippen LogP contribution in [0.1, 0.15) is 40.5 Å². The van der Waals surface area contributed by atoms with Gasteiger partial charge in [0.05, 0.1) is 30.5 Å². The molecule has 0 spiro atoms. The van der Waals surface area contributed by atoms with E-state index >= 15 is 0 Å². The summed E-state index contributed by atoms with van der Waals surface area (Å²) in [6.45, 7) is 10.5. The normalized spacial score (nSPS) is 60.3. The van der Waals surface area contributed by atoms with Crippen LogP contribution in [-0.2, 0) is 0 Å². The first-order valence-corrected chi connectivity index (χ1v) is 9.65. The lowest BCUT2D eigenvalue weighted by molar-refractivity contribution is -0.347. The lowest BCUT2D eigenvalue weighted by Crippen LogP contribution is -2.80. The first kappa shape index (κ1) is 21.2. The molecular weight excluding hydrogens is 352 g/mol. The second-order valence-electron chi connectivity index (χ2n) is 10.1. The fourth-order valence-electron chi connectivity index (χ4n) is 6.75. The van der Waals surface area contributed by atoms with Gasteiger partial charge in [-0.1, -0.05) is 33.8 Å². The summed E-state index contributed by atoms with van der Waals surface area (Å²) in [7, 11) is 0. The van der Waals surface area contributed by atoms with E-state index in [9.17, 15) is 35.7 Å².